The van der Waals surface area contributed by atoms with E-state index in [0.717, 1.165) is 0 Å². The van der Waals surface area contributed by atoms with E-state index < -0.39 is 0 Å². The van der Waals surface area contributed by atoms with Crippen molar-refractivity contribution in [3.63, 3.8) is 0 Å². The highest BCUT2D eigenvalue weighted by atomic mass is 32.1. The van der Waals surface area contributed by atoms with Crippen LogP contribution in [-0.4, -0.2) is 10.7 Å². The monoisotopic (exact) mass is 326 g/mol. The summed E-state index contributed by atoms with van der Waals surface area (Å²) in [5.41, 5.74) is 5.98. The van der Waals surface area contributed by atoms with E-state index >= 15 is 0 Å². The maximum absolute atomic E-state index is 5.75. The molecule has 3 N–H and O–H groups in total. The van der Waals surface area contributed by atoms with Gasteiger partial charge in [0, 0.05) is 5.54 Å². The predicted octanol–water partition coefficient (Wildman–Crippen LogP) is 5.83. The maximum atomic E-state index is 5.75. The van der Waals surface area contributed by atoms with Crippen molar-refractivity contribution >= 4 is 17.3 Å². The van der Waals surface area contributed by atoms with Crippen molar-refractivity contribution in [2.45, 2.75) is 115 Å². The standard InChI is InChI=1S/C19H38N2S/c1-2-3-4-5-6-7-8-9-10-12-15-19(21-18(20)22)16-13-11-14-17-19/h2-17H2,1H3,(H3,20,21,22). The molecular formula is C19H38N2S. The molecule has 1 rings (SSSR count). The van der Waals surface area contributed by atoms with E-state index in [0.29, 0.717) is 5.11 Å². The van der Waals surface area contributed by atoms with E-state index in [1.165, 1.54) is 103 Å². The molecule has 0 aromatic heterocycles. The molecule has 0 radical (unpaired) electrons. The van der Waals surface area contributed by atoms with Gasteiger partial charge in [-0.05, 0) is 31.5 Å². The van der Waals surface area contributed by atoms with Gasteiger partial charge in [0.15, 0.2) is 5.11 Å². The first-order valence-corrected chi connectivity index (χ1v) is 10.2. The third kappa shape index (κ3) is 8.97. The van der Waals surface area contributed by atoms with Crippen LogP contribution in [0.25, 0.3) is 0 Å². The molecule has 2 nitrogen and oxygen atoms in total. The first kappa shape index (κ1) is 19.7. The Morgan fingerprint density at radius 3 is 1.86 bits per heavy atom. The fraction of sp³-hybridized carbons (Fsp3) is 0.947. The van der Waals surface area contributed by atoms with Crippen molar-refractivity contribution in [1.29, 1.82) is 0 Å². The molecule has 0 aliphatic heterocycles. The van der Waals surface area contributed by atoms with Gasteiger partial charge in [0.25, 0.3) is 0 Å². The van der Waals surface area contributed by atoms with Crippen molar-refractivity contribution in [3.05, 3.63) is 0 Å². The van der Waals surface area contributed by atoms with Gasteiger partial charge in [-0.3, -0.25) is 0 Å². The molecule has 0 aromatic rings. The van der Waals surface area contributed by atoms with Crippen LogP contribution in [0.1, 0.15) is 110 Å². The summed E-state index contributed by atoms with van der Waals surface area (Å²) < 4.78 is 0. The lowest BCUT2D eigenvalue weighted by atomic mass is 9.78. The third-order valence-corrected chi connectivity index (χ3v) is 5.31. The number of nitrogens with one attached hydrogen (secondary N) is 1. The van der Waals surface area contributed by atoms with Gasteiger partial charge in [-0.1, -0.05) is 90.4 Å². The smallest absolute Gasteiger partial charge is 0.164 e. The number of nitrogens with two attached hydrogens (primary N) is 1. The molecule has 0 unspecified atom stereocenters. The van der Waals surface area contributed by atoms with Gasteiger partial charge in [-0.2, -0.15) is 0 Å². The SMILES string of the molecule is CCCCCCCCCCCCC1(NC(N)=S)CCCCC1. The minimum Gasteiger partial charge on any atom is -0.376 e. The van der Waals surface area contributed by atoms with Crippen molar-refractivity contribution in [1.82, 2.24) is 5.32 Å². The number of unbranched alkanes of at least 4 members (excludes halogenated alkanes) is 9. The summed E-state index contributed by atoms with van der Waals surface area (Å²) in [7, 11) is 0. The Balaban J connectivity index is 2.04. The van der Waals surface area contributed by atoms with Crippen molar-refractivity contribution in [2.75, 3.05) is 0 Å². The van der Waals surface area contributed by atoms with Crippen molar-refractivity contribution in [3.8, 4) is 0 Å². The number of thiocarbonyl (C=S) groups is 1. The summed E-state index contributed by atoms with van der Waals surface area (Å²) in [6, 6.07) is 0. The summed E-state index contributed by atoms with van der Waals surface area (Å²) in [5.74, 6) is 0. The van der Waals surface area contributed by atoms with Crippen LogP contribution in [0.15, 0.2) is 0 Å². The zero-order valence-electron chi connectivity index (χ0n) is 14.8. The van der Waals surface area contributed by atoms with Crippen LogP contribution < -0.4 is 11.1 Å². The highest BCUT2D eigenvalue weighted by molar-refractivity contribution is 7.80. The molecule has 0 amide bonds. The predicted molar refractivity (Wildman–Crippen MR) is 102 cm³/mol. The summed E-state index contributed by atoms with van der Waals surface area (Å²) >= 11 is 5.09. The second kappa shape index (κ2) is 12.2. The van der Waals surface area contributed by atoms with E-state index in [1.807, 2.05) is 0 Å². The molecule has 1 aliphatic rings. The molecule has 0 spiro atoms. The topological polar surface area (TPSA) is 38.0 Å². The lowest BCUT2D eigenvalue weighted by Gasteiger charge is -2.38. The van der Waals surface area contributed by atoms with Crippen molar-refractivity contribution in [2.24, 2.45) is 5.73 Å². The van der Waals surface area contributed by atoms with E-state index in [9.17, 15) is 0 Å². The highest BCUT2D eigenvalue weighted by Gasteiger charge is 2.31. The minimum atomic E-state index is 0.226. The van der Waals surface area contributed by atoms with Gasteiger partial charge >= 0.3 is 0 Å². The van der Waals surface area contributed by atoms with Crippen LogP contribution >= 0.6 is 12.2 Å². The van der Waals surface area contributed by atoms with E-state index in [1.54, 1.807) is 0 Å². The first-order chi connectivity index (χ1) is 10.7. The molecule has 1 saturated carbocycles. The Morgan fingerprint density at radius 2 is 1.36 bits per heavy atom. The summed E-state index contributed by atoms with van der Waals surface area (Å²) in [5, 5.41) is 3.93. The zero-order valence-corrected chi connectivity index (χ0v) is 15.6. The van der Waals surface area contributed by atoms with Crippen LogP contribution in [0.2, 0.25) is 0 Å². The lowest BCUT2D eigenvalue weighted by molar-refractivity contribution is 0.241. The zero-order chi connectivity index (χ0) is 16.1. The molecule has 0 bridgehead atoms. The lowest BCUT2D eigenvalue weighted by Crippen LogP contribution is -2.51. The molecule has 130 valence electrons. The second-order valence-electron chi connectivity index (χ2n) is 7.26. The molecule has 0 saturated heterocycles. The summed E-state index contributed by atoms with van der Waals surface area (Å²) in [6.07, 6.45) is 21.8. The molecule has 22 heavy (non-hydrogen) atoms. The van der Waals surface area contributed by atoms with Gasteiger partial charge in [0.1, 0.15) is 0 Å². The Morgan fingerprint density at radius 1 is 0.864 bits per heavy atom. The van der Waals surface area contributed by atoms with Gasteiger partial charge in [-0.25, -0.2) is 0 Å². The normalized spacial score (nSPS) is 17.3. The molecular weight excluding hydrogens is 288 g/mol. The Hall–Kier alpha value is -0.310. The number of hydrogen-bond acceptors (Lipinski definition) is 1. The summed E-state index contributed by atoms with van der Waals surface area (Å²) in [6.45, 7) is 2.28. The minimum absolute atomic E-state index is 0.226. The Bertz CT molecular complexity index is 285. The van der Waals surface area contributed by atoms with E-state index in [2.05, 4.69) is 12.2 Å². The van der Waals surface area contributed by atoms with Gasteiger partial charge < -0.3 is 11.1 Å². The van der Waals surface area contributed by atoms with E-state index in [-0.39, 0.29) is 5.54 Å². The van der Waals surface area contributed by atoms with Crippen LogP contribution in [0.5, 0.6) is 0 Å². The molecule has 1 aliphatic carbocycles. The average Bonchev–Trinajstić information content (AvgIpc) is 2.49. The summed E-state index contributed by atoms with van der Waals surface area (Å²) in [4.78, 5) is 0. The Kier molecular flexibility index (Phi) is 10.9. The molecule has 1 fully saturated rings. The molecule has 0 atom stereocenters. The largest absolute Gasteiger partial charge is 0.376 e. The number of hydrogen-bond donors (Lipinski definition) is 2. The van der Waals surface area contributed by atoms with Gasteiger partial charge in [-0.15, -0.1) is 0 Å². The average molecular weight is 327 g/mol. The van der Waals surface area contributed by atoms with Gasteiger partial charge in [0.05, 0.1) is 0 Å². The van der Waals surface area contributed by atoms with Crippen LogP contribution in [0, 0.1) is 0 Å². The van der Waals surface area contributed by atoms with E-state index in [4.69, 9.17) is 18.0 Å². The first-order valence-electron chi connectivity index (χ1n) is 9.76. The molecule has 3 heteroatoms. The fourth-order valence-corrected chi connectivity index (χ4v) is 4.09. The molecule has 0 heterocycles. The maximum Gasteiger partial charge on any atom is 0.164 e. The quantitative estimate of drug-likeness (QED) is 0.350. The van der Waals surface area contributed by atoms with Gasteiger partial charge in [0.2, 0.25) is 0 Å². The van der Waals surface area contributed by atoms with Crippen LogP contribution in [0.3, 0.4) is 0 Å². The van der Waals surface area contributed by atoms with Crippen LogP contribution in [-0.2, 0) is 0 Å². The van der Waals surface area contributed by atoms with Crippen LogP contribution in [0.4, 0.5) is 0 Å². The fourth-order valence-electron chi connectivity index (χ4n) is 3.88. The second-order valence-corrected chi connectivity index (χ2v) is 7.70. The number of rotatable bonds is 12. The third-order valence-electron chi connectivity index (χ3n) is 5.21. The van der Waals surface area contributed by atoms with Crippen molar-refractivity contribution < 1.29 is 0 Å². The highest BCUT2D eigenvalue weighted by Crippen LogP contribution is 2.32. The Labute approximate surface area is 144 Å². The molecule has 0 aromatic carbocycles.